The summed E-state index contributed by atoms with van der Waals surface area (Å²) in [4.78, 5) is 22.2. The molecule has 1 aliphatic rings. The molecule has 1 aliphatic heterocycles. The third-order valence-corrected chi connectivity index (χ3v) is 2.95. The Balaban J connectivity index is 2.13. The van der Waals surface area contributed by atoms with Gasteiger partial charge in [0.1, 0.15) is 0 Å². The number of hydrogen-bond acceptors (Lipinski definition) is 5. The molecule has 0 fully saturated rings. The third kappa shape index (κ3) is 2.26. The number of halogens is 2. The van der Waals surface area contributed by atoms with Crippen molar-refractivity contribution in [3.8, 4) is 5.75 Å². The molecule has 1 atom stereocenters. The molecule has 2 heterocycles. The minimum atomic E-state index is -1.23. The quantitative estimate of drug-likeness (QED) is 0.627. The maximum Gasteiger partial charge on any atom is 0.336 e. The summed E-state index contributed by atoms with van der Waals surface area (Å²) < 4.78 is 42.6. The van der Waals surface area contributed by atoms with Crippen molar-refractivity contribution >= 4 is 16.9 Å². The van der Waals surface area contributed by atoms with Crippen LogP contribution in [0.25, 0.3) is 11.0 Å². The molecular formula is C14H8F2O5. The van der Waals surface area contributed by atoms with Crippen LogP contribution in [-0.2, 0) is 9.53 Å². The standard InChI is InChI=1S/C14H8F2O5/c1-6-4-10(18)20-13-7(6)5-8(15)14(12(13)16)21-11-3-2-9(17)19-11/h2-5,11H,1H3. The number of benzene rings is 1. The Morgan fingerprint density at radius 2 is 2.00 bits per heavy atom. The van der Waals surface area contributed by atoms with E-state index in [1.807, 2.05) is 0 Å². The highest BCUT2D eigenvalue weighted by Gasteiger charge is 2.24. The number of hydrogen-bond donors (Lipinski definition) is 0. The number of esters is 1. The zero-order chi connectivity index (χ0) is 15.1. The molecule has 108 valence electrons. The van der Waals surface area contributed by atoms with E-state index in [2.05, 4.69) is 4.74 Å². The number of fused-ring (bicyclic) bond motifs is 1. The number of ether oxygens (including phenoxy) is 2. The zero-order valence-electron chi connectivity index (χ0n) is 10.7. The lowest BCUT2D eigenvalue weighted by Gasteiger charge is -2.14. The summed E-state index contributed by atoms with van der Waals surface area (Å²) in [7, 11) is 0. The van der Waals surface area contributed by atoms with Crippen molar-refractivity contribution in [2.24, 2.45) is 0 Å². The molecule has 0 amide bonds. The second kappa shape index (κ2) is 4.69. The molecule has 0 aliphatic carbocycles. The smallest absolute Gasteiger partial charge is 0.336 e. The Morgan fingerprint density at radius 3 is 2.67 bits per heavy atom. The van der Waals surface area contributed by atoms with E-state index in [9.17, 15) is 18.4 Å². The van der Waals surface area contributed by atoms with Gasteiger partial charge in [0, 0.05) is 23.6 Å². The molecule has 21 heavy (non-hydrogen) atoms. The fourth-order valence-electron chi connectivity index (χ4n) is 2.00. The Kier molecular flexibility index (Phi) is 2.97. The van der Waals surface area contributed by atoms with Gasteiger partial charge in [0.15, 0.2) is 17.1 Å². The van der Waals surface area contributed by atoms with Crippen LogP contribution in [0.3, 0.4) is 0 Å². The third-order valence-electron chi connectivity index (χ3n) is 2.95. The fraction of sp³-hybridized carbons (Fsp3) is 0.143. The van der Waals surface area contributed by atoms with Crippen molar-refractivity contribution in [2.45, 2.75) is 13.2 Å². The lowest BCUT2D eigenvalue weighted by atomic mass is 10.1. The largest absolute Gasteiger partial charge is 0.445 e. The van der Waals surface area contributed by atoms with Crippen LogP contribution < -0.4 is 10.4 Å². The van der Waals surface area contributed by atoms with Gasteiger partial charge in [-0.05, 0) is 18.6 Å². The zero-order valence-corrected chi connectivity index (χ0v) is 10.7. The summed E-state index contributed by atoms with van der Waals surface area (Å²) in [6.45, 7) is 1.53. The molecule has 3 rings (SSSR count). The lowest BCUT2D eigenvalue weighted by Crippen LogP contribution is -2.17. The van der Waals surface area contributed by atoms with E-state index in [0.29, 0.717) is 5.56 Å². The average molecular weight is 294 g/mol. The van der Waals surface area contributed by atoms with Gasteiger partial charge in [0.25, 0.3) is 6.29 Å². The number of rotatable bonds is 2. The van der Waals surface area contributed by atoms with Crippen molar-refractivity contribution in [1.29, 1.82) is 0 Å². The predicted octanol–water partition coefficient (Wildman–Crippen LogP) is 2.20. The summed E-state index contributed by atoms with van der Waals surface area (Å²) in [5.41, 5.74) is -0.800. The Bertz CT molecular complexity index is 837. The van der Waals surface area contributed by atoms with Gasteiger partial charge in [-0.3, -0.25) is 0 Å². The second-order valence-electron chi connectivity index (χ2n) is 4.41. The van der Waals surface area contributed by atoms with Crippen LogP contribution in [0.15, 0.2) is 33.5 Å². The van der Waals surface area contributed by atoms with E-state index in [4.69, 9.17) is 9.15 Å². The van der Waals surface area contributed by atoms with Gasteiger partial charge < -0.3 is 13.9 Å². The van der Waals surface area contributed by atoms with Crippen molar-refractivity contribution < 1.29 is 27.5 Å². The van der Waals surface area contributed by atoms with Crippen molar-refractivity contribution in [3.05, 3.63) is 51.9 Å². The monoisotopic (exact) mass is 294 g/mol. The molecule has 1 aromatic heterocycles. The Hall–Kier alpha value is -2.70. The maximum absolute atomic E-state index is 14.3. The summed E-state index contributed by atoms with van der Waals surface area (Å²) >= 11 is 0. The minimum Gasteiger partial charge on any atom is -0.445 e. The highest BCUT2D eigenvalue weighted by molar-refractivity contribution is 5.84. The molecule has 5 nitrogen and oxygen atoms in total. The summed E-state index contributed by atoms with van der Waals surface area (Å²) in [5, 5.41) is 0.121. The van der Waals surface area contributed by atoms with E-state index in [0.717, 1.165) is 18.2 Å². The molecule has 0 radical (unpaired) electrons. The van der Waals surface area contributed by atoms with Gasteiger partial charge >= 0.3 is 11.6 Å². The van der Waals surface area contributed by atoms with E-state index >= 15 is 0 Å². The van der Waals surface area contributed by atoms with Crippen LogP contribution in [0.1, 0.15) is 5.56 Å². The molecule has 1 aromatic carbocycles. The normalized spacial score (nSPS) is 17.3. The van der Waals surface area contributed by atoms with Crippen LogP contribution >= 0.6 is 0 Å². The first kappa shape index (κ1) is 13.3. The number of aryl methyl sites for hydroxylation is 1. The van der Waals surface area contributed by atoms with E-state index in [1.54, 1.807) is 0 Å². The minimum absolute atomic E-state index is 0.121. The number of cyclic esters (lactones) is 1. The van der Waals surface area contributed by atoms with Crippen LogP contribution in [0, 0.1) is 18.6 Å². The highest BCUT2D eigenvalue weighted by Crippen LogP contribution is 2.31. The van der Waals surface area contributed by atoms with Gasteiger partial charge in [0.05, 0.1) is 0 Å². The first-order chi connectivity index (χ1) is 9.95. The molecule has 0 saturated heterocycles. The lowest BCUT2D eigenvalue weighted by molar-refractivity contribution is -0.148. The highest BCUT2D eigenvalue weighted by atomic mass is 19.1. The molecule has 7 heteroatoms. The van der Waals surface area contributed by atoms with Crippen molar-refractivity contribution in [1.82, 2.24) is 0 Å². The van der Waals surface area contributed by atoms with Crippen molar-refractivity contribution in [3.63, 3.8) is 0 Å². The topological polar surface area (TPSA) is 65.7 Å². The summed E-state index contributed by atoms with van der Waals surface area (Å²) in [6.07, 6.45) is 1.05. The first-order valence-electron chi connectivity index (χ1n) is 5.93. The van der Waals surface area contributed by atoms with Crippen LogP contribution in [0.5, 0.6) is 5.75 Å². The molecule has 0 N–H and O–H groups in total. The van der Waals surface area contributed by atoms with E-state index in [1.165, 1.54) is 13.0 Å². The molecular weight excluding hydrogens is 286 g/mol. The first-order valence-corrected chi connectivity index (χ1v) is 5.93. The molecule has 0 spiro atoms. The number of carbonyl (C=O) groups excluding carboxylic acids is 1. The van der Waals surface area contributed by atoms with Crippen LogP contribution in [-0.4, -0.2) is 12.3 Å². The van der Waals surface area contributed by atoms with E-state index < -0.39 is 40.9 Å². The average Bonchev–Trinajstić information content (AvgIpc) is 2.82. The van der Waals surface area contributed by atoms with Crippen molar-refractivity contribution in [2.75, 3.05) is 0 Å². The Labute approximate surface area is 116 Å². The van der Waals surface area contributed by atoms with Crippen LogP contribution in [0.2, 0.25) is 0 Å². The van der Waals surface area contributed by atoms with Gasteiger partial charge in [-0.15, -0.1) is 0 Å². The molecule has 0 saturated carbocycles. The summed E-state index contributed by atoms with van der Waals surface area (Å²) in [6, 6.07) is 2.12. The predicted molar refractivity (Wildman–Crippen MR) is 66.8 cm³/mol. The molecule has 0 bridgehead atoms. The van der Waals surface area contributed by atoms with Gasteiger partial charge in [0.2, 0.25) is 5.82 Å². The second-order valence-corrected chi connectivity index (χ2v) is 4.41. The fourth-order valence-corrected chi connectivity index (χ4v) is 2.00. The van der Waals surface area contributed by atoms with Gasteiger partial charge in [-0.1, -0.05) is 0 Å². The van der Waals surface area contributed by atoms with Gasteiger partial charge in [-0.25, -0.2) is 14.0 Å². The summed E-state index contributed by atoms with van der Waals surface area (Å²) in [5.74, 6) is -3.61. The SMILES string of the molecule is Cc1cc(=O)oc2c(F)c(OC3C=CC(=O)O3)c(F)cc12. The van der Waals surface area contributed by atoms with Gasteiger partial charge in [-0.2, -0.15) is 4.39 Å². The Morgan fingerprint density at radius 1 is 1.24 bits per heavy atom. The maximum atomic E-state index is 14.3. The molecule has 1 unspecified atom stereocenters. The number of carbonyl (C=O) groups is 1. The van der Waals surface area contributed by atoms with E-state index in [-0.39, 0.29) is 5.39 Å². The van der Waals surface area contributed by atoms with Crippen LogP contribution in [0.4, 0.5) is 8.78 Å². The molecule has 2 aromatic rings.